The molecule has 0 fully saturated rings. The molecule has 1 heterocycles. The second-order valence-electron chi connectivity index (χ2n) is 5.52. The normalized spacial score (nSPS) is 10.6. The second kappa shape index (κ2) is 9.09. The van der Waals surface area contributed by atoms with Crippen molar-refractivity contribution in [3.63, 3.8) is 0 Å². The summed E-state index contributed by atoms with van der Waals surface area (Å²) >= 11 is 1.39. The Balaban J connectivity index is 1.45. The number of hydrogen-bond acceptors (Lipinski definition) is 7. The van der Waals surface area contributed by atoms with Crippen molar-refractivity contribution in [1.82, 2.24) is 10.2 Å². The van der Waals surface area contributed by atoms with Crippen LogP contribution in [0.25, 0.3) is 0 Å². The van der Waals surface area contributed by atoms with E-state index < -0.39 is 5.97 Å². The smallest absolute Gasteiger partial charge is 0.335 e. The van der Waals surface area contributed by atoms with Gasteiger partial charge in [0.05, 0.1) is 25.7 Å². The van der Waals surface area contributed by atoms with Gasteiger partial charge in [-0.05, 0) is 35.9 Å². The maximum absolute atomic E-state index is 10.9. The third-order valence-corrected chi connectivity index (χ3v) is 4.40. The maximum Gasteiger partial charge on any atom is 0.335 e. The Morgan fingerprint density at radius 3 is 2.70 bits per heavy atom. The molecule has 2 aromatic carbocycles. The molecule has 0 saturated heterocycles. The Bertz CT molecular complexity index is 895. The van der Waals surface area contributed by atoms with Crippen molar-refractivity contribution >= 4 is 17.7 Å². The van der Waals surface area contributed by atoms with Crippen molar-refractivity contribution in [2.45, 2.75) is 11.6 Å². The van der Waals surface area contributed by atoms with Gasteiger partial charge in [0.25, 0.3) is 5.22 Å². The minimum Gasteiger partial charge on any atom is -0.497 e. The van der Waals surface area contributed by atoms with Crippen LogP contribution in [0.15, 0.2) is 58.2 Å². The summed E-state index contributed by atoms with van der Waals surface area (Å²) in [5.74, 6) is 1.47. The molecule has 0 atom stereocenters. The van der Waals surface area contributed by atoms with E-state index in [-0.39, 0.29) is 5.56 Å². The minimum atomic E-state index is -0.981. The Kier molecular flexibility index (Phi) is 6.32. The third kappa shape index (κ3) is 5.49. The highest BCUT2D eigenvalue weighted by Crippen LogP contribution is 2.20. The topological polar surface area (TPSA) is 94.7 Å². The van der Waals surface area contributed by atoms with Crippen molar-refractivity contribution in [3.05, 3.63) is 65.5 Å². The largest absolute Gasteiger partial charge is 0.497 e. The molecule has 3 aromatic rings. The van der Waals surface area contributed by atoms with Crippen molar-refractivity contribution in [3.8, 4) is 11.5 Å². The lowest BCUT2D eigenvalue weighted by Gasteiger charge is -2.05. The van der Waals surface area contributed by atoms with Gasteiger partial charge in [0.15, 0.2) is 0 Å². The Morgan fingerprint density at radius 2 is 1.96 bits per heavy atom. The summed E-state index contributed by atoms with van der Waals surface area (Å²) in [5, 5.41) is 17.5. The van der Waals surface area contributed by atoms with Gasteiger partial charge in [-0.15, -0.1) is 10.2 Å². The average Bonchev–Trinajstić information content (AvgIpc) is 3.13. The number of rotatable bonds is 9. The summed E-state index contributed by atoms with van der Waals surface area (Å²) in [6, 6.07) is 14.1. The molecule has 8 heteroatoms. The summed E-state index contributed by atoms with van der Waals surface area (Å²) in [4.78, 5) is 10.9. The van der Waals surface area contributed by atoms with E-state index >= 15 is 0 Å². The number of methoxy groups -OCH3 is 1. The van der Waals surface area contributed by atoms with Gasteiger partial charge in [0.2, 0.25) is 5.89 Å². The highest BCUT2D eigenvalue weighted by molar-refractivity contribution is 7.99. The van der Waals surface area contributed by atoms with Crippen LogP contribution in [0, 0.1) is 0 Å². The van der Waals surface area contributed by atoms with E-state index in [0.29, 0.717) is 35.6 Å². The van der Waals surface area contributed by atoms with E-state index in [4.69, 9.17) is 19.0 Å². The number of thioether (sulfide) groups is 1. The van der Waals surface area contributed by atoms with Crippen LogP contribution < -0.4 is 9.47 Å². The number of nitrogens with zero attached hydrogens (tertiary/aromatic N) is 2. The highest BCUT2D eigenvalue weighted by Gasteiger charge is 2.08. The fourth-order valence-electron chi connectivity index (χ4n) is 2.29. The zero-order chi connectivity index (χ0) is 19.1. The number of aromatic nitrogens is 2. The predicted molar refractivity (Wildman–Crippen MR) is 99.7 cm³/mol. The number of benzene rings is 2. The standard InChI is InChI=1S/C19H18N2O5S/c1-24-15-7-5-13(6-8-15)11-17-20-21-19(26-17)27-10-9-25-16-4-2-3-14(12-16)18(22)23/h2-8,12H,9-11H2,1H3,(H,22,23). The second-order valence-corrected chi connectivity index (χ2v) is 6.56. The van der Waals surface area contributed by atoms with E-state index in [1.165, 1.54) is 23.9 Å². The fourth-order valence-corrected chi connectivity index (χ4v) is 2.89. The van der Waals surface area contributed by atoms with Gasteiger partial charge < -0.3 is 19.0 Å². The molecule has 0 bridgehead atoms. The number of carbonyl (C=O) groups is 1. The van der Waals surface area contributed by atoms with Crippen LogP contribution in [0.3, 0.4) is 0 Å². The SMILES string of the molecule is COc1ccc(Cc2nnc(SCCOc3cccc(C(=O)O)c3)o2)cc1. The van der Waals surface area contributed by atoms with Crippen molar-refractivity contribution in [1.29, 1.82) is 0 Å². The summed E-state index contributed by atoms with van der Waals surface area (Å²) in [6.45, 7) is 0.393. The lowest BCUT2D eigenvalue weighted by atomic mass is 10.1. The lowest BCUT2D eigenvalue weighted by molar-refractivity contribution is 0.0696. The number of carboxylic acids is 1. The molecule has 1 N–H and O–H groups in total. The molecule has 0 spiro atoms. The molecule has 0 saturated carbocycles. The summed E-state index contributed by atoms with van der Waals surface area (Å²) < 4.78 is 16.3. The van der Waals surface area contributed by atoms with Crippen LogP contribution in [-0.4, -0.2) is 40.7 Å². The molecule has 0 aliphatic rings. The first-order chi connectivity index (χ1) is 13.1. The number of ether oxygens (including phenoxy) is 2. The van der Waals surface area contributed by atoms with E-state index in [1.807, 2.05) is 24.3 Å². The molecular weight excluding hydrogens is 368 g/mol. The molecule has 0 radical (unpaired) electrons. The van der Waals surface area contributed by atoms with Gasteiger partial charge in [-0.25, -0.2) is 4.79 Å². The summed E-state index contributed by atoms with van der Waals surface area (Å²) in [6.07, 6.45) is 0.552. The quantitative estimate of drug-likeness (QED) is 0.441. The van der Waals surface area contributed by atoms with Crippen LogP contribution in [-0.2, 0) is 6.42 Å². The first-order valence-electron chi connectivity index (χ1n) is 8.18. The van der Waals surface area contributed by atoms with Gasteiger partial charge >= 0.3 is 5.97 Å². The fraction of sp³-hybridized carbons (Fsp3) is 0.211. The van der Waals surface area contributed by atoms with Gasteiger partial charge in [0, 0.05) is 5.75 Å². The molecule has 27 heavy (non-hydrogen) atoms. The van der Waals surface area contributed by atoms with E-state index in [2.05, 4.69) is 10.2 Å². The zero-order valence-corrected chi connectivity index (χ0v) is 15.4. The van der Waals surface area contributed by atoms with Crippen LogP contribution in [0.4, 0.5) is 0 Å². The summed E-state index contributed by atoms with van der Waals surface area (Å²) in [7, 11) is 1.63. The molecule has 0 amide bonds. The summed E-state index contributed by atoms with van der Waals surface area (Å²) in [5.41, 5.74) is 1.25. The van der Waals surface area contributed by atoms with Gasteiger partial charge in [-0.3, -0.25) is 0 Å². The van der Waals surface area contributed by atoms with Crippen LogP contribution in [0.2, 0.25) is 0 Å². The Hall–Kier alpha value is -3.00. The highest BCUT2D eigenvalue weighted by atomic mass is 32.2. The first kappa shape index (κ1) is 18.8. The zero-order valence-electron chi connectivity index (χ0n) is 14.6. The van der Waals surface area contributed by atoms with Crippen molar-refractivity contribution in [2.24, 2.45) is 0 Å². The number of aromatic carboxylic acids is 1. The van der Waals surface area contributed by atoms with Crippen molar-refractivity contribution < 1.29 is 23.8 Å². The predicted octanol–water partition coefficient (Wildman–Crippen LogP) is 3.54. The van der Waals surface area contributed by atoms with Crippen LogP contribution in [0.5, 0.6) is 11.5 Å². The molecule has 0 unspecified atom stereocenters. The number of hydrogen-bond donors (Lipinski definition) is 1. The monoisotopic (exact) mass is 386 g/mol. The first-order valence-corrected chi connectivity index (χ1v) is 9.17. The third-order valence-electron chi connectivity index (χ3n) is 3.62. The molecule has 140 valence electrons. The lowest BCUT2D eigenvalue weighted by Crippen LogP contribution is -2.02. The van der Waals surface area contributed by atoms with Crippen LogP contribution >= 0.6 is 11.8 Å². The Labute approximate surface area is 160 Å². The Morgan fingerprint density at radius 1 is 1.15 bits per heavy atom. The van der Waals surface area contributed by atoms with Gasteiger partial charge in [-0.1, -0.05) is 30.0 Å². The van der Waals surface area contributed by atoms with Gasteiger partial charge in [-0.2, -0.15) is 0 Å². The molecule has 0 aliphatic heterocycles. The average molecular weight is 386 g/mol. The van der Waals surface area contributed by atoms with E-state index in [0.717, 1.165) is 11.3 Å². The van der Waals surface area contributed by atoms with Crippen LogP contribution in [0.1, 0.15) is 21.8 Å². The number of carboxylic acid groups (broad SMARTS) is 1. The van der Waals surface area contributed by atoms with Crippen molar-refractivity contribution in [2.75, 3.05) is 19.5 Å². The molecule has 7 nitrogen and oxygen atoms in total. The molecular formula is C19H18N2O5S. The maximum atomic E-state index is 10.9. The molecule has 3 rings (SSSR count). The minimum absolute atomic E-state index is 0.195. The van der Waals surface area contributed by atoms with Gasteiger partial charge in [0.1, 0.15) is 11.5 Å². The molecule has 0 aliphatic carbocycles. The van der Waals surface area contributed by atoms with E-state index in [9.17, 15) is 4.79 Å². The molecule has 1 aromatic heterocycles. The van der Waals surface area contributed by atoms with E-state index in [1.54, 1.807) is 19.2 Å².